The van der Waals surface area contributed by atoms with E-state index in [9.17, 15) is 9.59 Å². The summed E-state index contributed by atoms with van der Waals surface area (Å²) in [5.74, 6) is -0.0786. The molecule has 0 spiro atoms. The van der Waals surface area contributed by atoms with Gasteiger partial charge < -0.3 is 16.0 Å². The normalized spacial score (nSPS) is 11.0. The number of anilines is 1. The lowest BCUT2D eigenvalue weighted by atomic mass is 10.1. The number of carbonyl (C=O) groups excluding carboxylic acids is 2. The molecule has 0 aliphatic carbocycles. The highest BCUT2D eigenvalue weighted by Crippen LogP contribution is 2.10. The van der Waals surface area contributed by atoms with Gasteiger partial charge in [0.15, 0.2) is 0 Å². The molecule has 1 rings (SSSR count). The molecule has 0 heterocycles. The van der Waals surface area contributed by atoms with Crippen LogP contribution in [0.1, 0.15) is 33.3 Å². The van der Waals surface area contributed by atoms with Gasteiger partial charge in [0.25, 0.3) is 0 Å². The van der Waals surface area contributed by atoms with E-state index in [0.29, 0.717) is 13.0 Å². The summed E-state index contributed by atoms with van der Waals surface area (Å²) in [7, 11) is 0. The number of benzene rings is 1. The molecule has 3 N–H and O–H groups in total. The van der Waals surface area contributed by atoms with Gasteiger partial charge in [-0.2, -0.15) is 0 Å². The second-order valence-electron chi connectivity index (χ2n) is 5.98. The smallest absolute Gasteiger partial charge is 0.238 e. The van der Waals surface area contributed by atoms with Crippen LogP contribution in [0.15, 0.2) is 24.3 Å². The van der Waals surface area contributed by atoms with Crippen LogP contribution < -0.4 is 16.0 Å². The maximum atomic E-state index is 11.8. The molecule has 1 aromatic rings. The lowest BCUT2D eigenvalue weighted by molar-refractivity contribution is -0.120. The SMILES string of the molecule is CCNC(=O)Cc1ccc(NC(=O)CNC(C)(C)C)cc1. The topological polar surface area (TPSA) is 70.2 Å². The Labute approximate surface area is 126 Å². The average Bonchev–Trinajstić information content (AvgIpc) is 2.38. The number of rotatable bonds is 6. The van der Waals surface area contributed by atoms with Crippen LogP contribution in [-0.2, 0) is 16.0 Å². The molecule has 0 fully saturated rings. The quantitative estimate of drug-likeness (QED) is 0.747. The summed E-state index contributed by atoms with van der Waals surface area (Å²) in [4.78, 5) is 23.2. The highest BCUT2D eigenvalue weighted by Gasteiger charge is 2.11. The van der Waals surface area contributed by atoms with Crippen LogP contribution >= 0.6 is 0 Å². The third kappa shape index (κ3) is 7.46. The molecule has 2 amide bonds. The van der Waals surface area contributed by atoms with Crippen molar-refractivity contribution in [3.8, 4) is 0 Å². The third-order valence-electron chi connectivity index (χ3n) is 2.76. The van der Waals surface area contributed by atoms with Crippen LogP contribution in [0, 0.1) is 0 Å². The molecule has 116 valence electrons. The van der Waals surface area contributed by atoms with Crippen LogP contribution in [0.25, 0.3) is 0 Å². The van der Waals surface area contributed by atoms with E-state index in [1.165, 1.54) is 0 Å². The zero-order valence-electron chi connectivity index (χ0n) is 13.2. The van der Waals surface area contributed by atoms with Crippen molar-refractivity contribution in [2.45, 2.75) is 39.7 Å². The molecule has 0 saturated heterocycles. The number of hydrogen-bond acceptors (Lipinski definition) is 3. The van der Waals surface area contributed by atoms with Gasteiger partial charge >= 0.3 is 0 Å². The van der Waals surface area contributed by atoms with E-state index in [-0.39, 0.29) is 23.9 Å². The van der Waals surface area contributed by atoms with E-state index in [1.54, 1.807) is 0 Å². The largest absolute Gasteiger partial charge is 0.356 e. The summed E-state index contributed by atoms with van der Waals surface area (Å²) in [5.41, 5.74) is 1.57. The van der Waals surface area contributed by atoms with Crippen LogP contribution in [0.3, 0.4) is 0 Å². The molecule has 0 aromatic heterocycles. The summed E-state index contributed by atoms with van der Waals surface area (Å²) >= 11 is 0. The van der Waals surface area contributed by atoms with Crippen molar-refractivity contribution in [2.24, 2.45) is 0 Å². The second kappa shape index (κ2) is 7.78. The summed E-state index contributed by atoms with van der Waals surface area (Å²) in [6, 6.07) is 7.32. The second-order valence-corrected chi connectivity index (χ2v) is 5.98. The summed E-state index contributed by atoms with van der Waals surface area (Å²) in [6.07, 6.45) is 0.355. The Kier molecular flexibility index (Phi) is 6.37. The molecule has 0 saturated carbocycles. The standard InChI is InChI=1S/C16H25N3O2/c1-5-17-14(20)10-12-6-8-13(9-7-12)19-15(21)11-18-16(2,3)4/h6-9,18H,5,10-11H2,1-4H3,(H,17,20)(H,19,21). The summed E-state index contributed by atoms with van der Waals surface area (Å²) < 4.78 is 0. The molecule has 21 heavy (non-hydrogen) atoms. The molecule has 1 aromatic carbocycles. The van der Waals surface area contributed by atoms with Crippen LogP contribution in [0.4, 0.5) is 5.69 Å². The zero-order valence-corrected chi connectivity index (χ0v) is 13.2. The maximum Gasteiger partial charge on any atom is 0.238 e. The first-order valence-electron chi connectivity index (χ1n) is 7.20. The van der Waals surface area contributed by atoms with Crippen LogP contribution in [0.2, 0.25) is 0 Å². The lowest BCUT2D eigenvalue weighted by Crippen LogP contribution is -2.41. The molecule has 0 aliphatic rings. The van der Waals surface area contributed by atoms with Gasteiger partial charge in [-0.05, 0) is 45.4 Å². The monoisotopic (exact) mass is 291 g/mol. The number of carbonyl (C=O) groups is 2. The first-order chi connectivity index (χ1) is 9.80. The predicted molar refractivity (Wildman–Crippen MR) is 85.2 cm³/mol. The van der Waals surface area contributed by atoms with E-state index in [0.717, 1.165) is 11.3 Å². The molecule has 5 nitrogen and oxygen atoms in total. The Morgan fingerprint density at radius 3 is 2.19 bits per heavy atom. The Bertz CT molecular complexity index is 475. The van der Waals surface area contributed by atoms with Gasteiger partial charge in [0.1, 0.15) is 0 Å². The fourth-order valence-corrected chi connectivity index (χ4v) is 1.70. The Morgan fingerprint density at radius 2 is 1.67 bits per heavy atom. The minimum atomic E-state index is -0.0894. The highest BCUT2D eigenvalue weighted by atomic mass is 16.2. The predicted octanol–water partition coefficient (Wildman–Crippen LogP) is 1.69. The molecule has 5 heteroatoms. The van der Waals surface area contributed by atoms with Gasteiger partial charge in [-0.25, -0.2) is 0 Å². The van der Waals surface area contributed by atoms with Crippen LogP contribution in [-0.4, -0.2) is 30.4 Å². The number of nitrogens with one attached hydrogen (secondary N) is 3. The highest BCUT2D eigenvalue weighted by molar-refractivity contribution is 5.92. The minimum absolute atomic E-state index is 0.00339. The van der Waals surface area contributed by atoms with Crippen molar-refractivity contribution in [3.05, 3.63) is 29.8 Å². The van der Waals surface area contributed by atoms with Gasteiger partial charge in [0.2, 0.25) is 11.8 Å². The minimum Gasteiger partial charge on any atom is -0.356 e. The Morgan fingerprint density at radius 1 is 1.05 bits per heavy atom. The van der Waals surface area contributed by atoms with Crippen molar-refractivity contribution < 1.29 is 9.59 Å². The van der Waals surface area contributed by atoms with E-state index < -0.39 is 0 Å². The van der Waals surface area contributed by atoms with Gasteiger partial charge in [-0.15, -0.1) is 0 Å². The summed E-state index contributed by atoms with van der Waals surface area (Å²) in [6.45, 7) is 8.82. The molecule has 0 atom stereocenters. The number of hydrogen-bond donors (Lipinski definition) is 3. The molecule has 0 radical (unpaired) electrons. The Balaban J connectivity index is 2.47. The van der Waals surface area contributed by atoms with Gasteiger partial charge in [0.05, 0.1) is 13.0 Å². The molecule has 0 aliphatic heterocycles. The zero-order chi connectivity index (χ0) is 15.9. The van der Waals surface area contributed by atoms with Crippen molar-refractivity contribution in [1.29, 1.82) is 0 Å². The van der Waals surface area contributed by atoms with Crippen LogP contribution in [0.5, 0.6) is 0 Å². The van der Waals surface area contributed by atoms with Crippen molar-refractivity contribution in [1.82, 2.24) is 10.6 Å². The molecule has 0 unspecified atom stereocenters. The van der Waals surface area contributed by atoms with Gasteiger partial charge in [-0.1, -0.05) is 12.1 Å². The van der Waals surface area contributed by atoms with E-state index in [4.69, 9.17) is 0 Å². The lowest BCUT2D eigenvalue weighted by Gasteiger charge is -2.20. The average molecular weight is 291 g/mol. The molecule has 0 bridgehead atoms. The molecular formula is C16H25N3O2. The molecular weight excluding hydrogens is 266 g/mol. The fourth-order valence-electron chi connectivity index (χ4n) is 1.70. The third-order valence-corrected chi connectivity index (χ3v) is 2.76. The number of likely N-dealkylation sites (N-methyl/N-ethyl adjacent to an activating group) is 1. The fraction of sp³-hybridized carbons (Fsp3) is 0.500. The van der Waals surface area contributed by atoms with Crippen molar-refractivity contribution in [3.63, 3.8) is 0 Å². The van der Waals surface area contributed by atoms with E-state index >= 15 is 0 Å². The van der Waals surface area contributed by atoms with E-state index in [1.807, 2.05) is 52.0 Å². The first-order valence-corrected chi connectivity index (χ1v) is 7.20. The first kappa shape index (κ1) is 17.2. The Hall–Kier alpha value is -1.88. The van der Waals surface area contributed by atoms with Gasteiger partial charge in [-0.3, -0.25) is 9.59 Å². The van der Waals surface area contributed by atoms with Gasteiger partial charge in [0, 0.05) is 17.8 Å². The van der Waals surface area contributed by atoms with Crippen molar-refractivity contribution >= 4 is 17.5 Å². The van der Waals surface area contributed by atoms with Crippen molar-refractivity contribution in [2.75, 3.05) is 18.4 Å². The maximum absolute atomic E-state index is 11.8. The summed E-state index contributed by atoms with van der Waals surface area (Å²) in [5, 5.41) is 8.70. The number of amides is 2. The van der Waals surface area contributed by atoms with E-state index in [2.05, 4.69) is 16.0 Å².